The van der Waals surface area contributed by atoms with E-state index in [1.807, 2.05) is 30.3 Å². The first kappa shape index (κ1) is 15.1. The third-order valence-electron chi connectivity index (χ3n) is 3.11. The van der Waals surface area contributed by atoms with Crippen LogP contribution in [0.5, 0.6) is 0 Å². The number of nitrogens with one attached hydrogen (secondary N) is 1. The van der Waals surface area contributed by atoms with Gasteiger partial charge in [0.25, 0.3) is 5.56 Å². The number of hydrogen-bond acceptors (Lipinski definition) is 4. The van der Waals surface area contributed by atoms with E-state index < -0.39 is 0 Å². The minimum Gasteiger partial charge on any atom is -0.292 e. The maximum Gasteiger partial charge on any atom is 0.296 e. The molecule has 1 N–H and O–H groups in total. The summed E-state index contributed by atoms with van der Waals surface area (Å²) < 4.78 is 3.21. The molecule has 7 heteroatoms. The lowest BCUT2D eigenvalue weighted by atomic mass is 10.3. The lowest BCUT2D eigenvalue weighted by Gasteiger charge is -2.07. The molecule has 2 aromatic rings. The van der Waals surface area contributed by atoms with Gasteiger partial charge in [-0.25, -0.2) is 4.68 Å². The summed E-state index contributed by atoms with van der Waals surface area (Å²) in [6, 6.07) is 9.23. The summed E-state index contributed by atoms with van der Waals surface area (Å²) in [6.45, 7) is 3.08. The van der Waals surface area contributed by atoms with Crippen molar-refractivity contribution in [3.8, 4) is 5.69 Å². The first-order valence-electron chi connectivity index (χ1n) is 6.27. The number of hydrazone groups is 1. The molecule has 0 aliphatic carbocycles. The van der Waals surface area contributed by atoms with Gasteiger partial charge in [-0.15, -0.1) is 0 Å². The van der Waals surface area contributed by atoms with Gasteiger partial charge in [-0.1, -0.05) is 29.8 Å². The number of benzene rings is 1. The van der Waals surface area contributed by atoms with Crippen LogP contribution in [0, 0.1) is 6.92 Å². The van der Waals surface area contributed by atoms with Gasteiger partial charge in [-0.05, 0) is 19.1 Å². The molecule has 0 spiro atoms. The van der Waals surface area contributed by atoms with Crippen LogP contribution in [0.3, 0.4) is 0 Å². The van der Waals surface area contributed by atoms with Crippen LogP contribution in [-0.4, -0.2) is 20.3 Å². The first-order valence-corrected chi connectivity index (χ1v) is 6.65. The normalized spacial score (nSPS) is 11.5. The Hall–Kier alpha value is -2.34. The molecule has 0 unspecified atom stereocenters. The second kappa shape index (κ2) is 5.97. The molecule has 0 fully saturated rings. The van der Waals surface area contributed by atoms with Crippen molar-refractivity contribution in [2.75, 3.05) is 5.43 Å². The van der Waals surface area contributed by atoms with Crippen LogP contribution < -0.4 is 11.0 Å². The highest BCUT2D eigenvalue weighted by Gasteiger charge is 2.15. The molecular formula is C14H15ClN4O2. The summed E-state index contributed by atoms with van der Waals surface area (Å²) in [5.41, 5.74) is 4.01. The average Bonchev–Trinajstić information content (AvgIpc) is 2.68. The summed E-state index contributed by atoms with van der Waals surface area (Å²) in [5.74, 6) is -0.374. The molecule has 1 aromatic carbocycles. The minimum absolute atomic E-state index is 0.205. The highest BCUT2D eigenvalue weighted by atomic mass is 35.5. The van der Waals surface area contributed by atoms with Crippen molar-refractivity contribution in [2.24, 2.45) is 12.1 Å². The second-order valence-corrected chi connectivity index (χ2v) is 4.87. The van der Waals surface area contributed by atoms with Crippen LogP contribution >= 0.6 is 11.6 Å². The van der Waals surface area contributed by atoms with Crippen molar-refractivity contribution >= 4 is 28.2 Å². The van der Waals surface area contributed by atoms with Crippen molar-refractivity contribution < 1.29 is 4.79 Å². The van der Waals surface area contributed by atoms with E-state index in [9.17, 15) is 9.59 Å². The smallest absolute Gasteiger partial charge is 0.292 e. The van der Waals surface area contributed by atoms with E-state index in [2.05, 4.69) is 10.5 Å². The lowest BCUT2D eigenvalue weighted by Crippen LogP contribution is -2.20. The number of nitrogens with zero attached hydrogens (tertiary/aromatic N) is 3. The van der Waals surface area contributed by atoms with Gasteiger partial charge in [-0.2, -0.15) is 5.10 Å². The quantitative estimate of drug-likeness (QED) is 0.694. The van der Waals surface area contributed by atoms with Gasteiger partial charge >= 0.3 is 0 Å². The molecule has 6 nitrogen and oxygen atoms in total. The number of carbonyl (C=O) groups is 1. The molecule has 0 amide bonds. The van der Waals surface area contributed by atoms with Gasteiger partial charge < -0.3 is 0 Å². The molecule has 0 aliphatic rings. The van der Waals surface area contributed by atoms with Crippen LogP contribution in [0.15, 0.2) is 40.2 Å². The van der Waals surface area contributed by atoms with Crippen LogP contribution in [0.25, 0.3) is 5.69 Å². The molecule has 1 heterocycles. The van der Waals surface area contributed by atoms with E-state index in [0.717, 1.165) is 5.69 Å². The van der Waals surface area contributed by atoms with Gasteiger partial charge in [0.05, 0.1) is 11.4 Å². The van der Waals surface area contributed by atoms with E-state index >= 15 is 0 Å². The zero-order valence-electron chi connectivity index (χ0n) is 11.9. The fourth-order valence-corrected chi connectivity index (χ4v) is 1.92. The zero-order chi connectivity index (χ0) is 15.6. The van der Waals surface area contributed by atoms with Crippen LogP contribution in [0.2, 0.25) is 0 Å². The SMILES string of the molecule is CC(=O)/C(Cl)=N/Nc1c(C)n(C)n(-c2ccccc2)c1=O. The third-order valence-corrected chi connectivity index (χ3v) is 3.46. The fraction of sp³-hybridized carbons (Fsp3) is 0.214. The first-order chi connectivity index (χ1) is 9.93. The number of halogens is 1. The third kappa shape index (κ3) is 2.90. The molecule has 21 heavy (non-hydrogen) atoms. The van der Waals surface area contributed by atoms with Crippen molar-refractivity contribution in [1.29, 1.82) is 0 Å². The van der Waals surface area contributed by atoms with E-state index in [1.165, 1.54) is 11.6 Å². The number of Topliss-reactive ketones (excluding diaryl/α,β-unsaturated/α-hetero) is 1. The summed E-state index contributed by atoms with van der Waals surface area (Å²) in [5, 5.41) is 3.51. The van der Waals surface area contributed by atoms with E-state index in [0.29, 0.717) is 5.69 Å². The Morgan fingerprint density at radius 1 is 1.29 bits per heavy atom. The average molecular weight is 307 g/mol. The van der Waals surface area contributed by atoms with Crippen molar-refractivity contribution in [2.45, 2.75) is 13.8 Å². The van der Waals surface area contributed by atoms with Crippen LogP contribution in [0.4, 0.5) is 5.69 Å². The minimum atomic E-state index is -0.374. The van der Waals surface area contributed by atoms with E-state index in [1.54, 1.807) is 18.7 Å². The van der Waals surface area contributed by atoms with Gasteiger partial charge in [0.2, 0.25) is 0 Å². The van der Waals surface area contributed by atoms with Crippen molar-refractivity contribution in [3.05, 3.63) is 46.4 Å². The number of rotatable bonds is 4. The summed E-state index contributed by atoms with van der Waals surface area (Å²) >= 11 is 5.66. The maximum atomic E-state index is 12.5. The number of anilines is 1. The standard InChI is InChI=1S/C14H15ClN4O2/c1-9-12(16-17-13(15)10(2)20)14(21)19(18(9)3)11-7-5-4-6-8-11/h4-8,16H,1-3H3/b17-13-. The second-order valence-electron chi connectivity index (χ2n) is 4.51. The summed E-state index contributed by atoms with van der Waals surface area (Å²) in [7, 11) is 1.77. The summed E-state index contributed by atoms with van der Waals surface area (Å²) in [6.07, 6.45) is 0. The molecule has 0 aliphatic heterocycles. The van der Waals surface area contributed by atoms with Gasteiger partial charge in [0.1, 0.15) is 5.69 Å². The largest absolute Gasteiger partial charge is 0.296 e. The predicted octanol–water partition coefficient (Wildman–Crippen LogP) is 2.04. The number of para-hydroxylation sites is 1. The topological polar surface area (TPSA) is 68.4 Å². The van der Waals surface area contributed by atoms with E-state index in [4.69, 9.17) is 11.6 Å². The molecule has 0 saturated carbocycles. The predicted molar refractivity (Wildman–Crippen MR) is 83.3 cm³/mol. The lowest BCUT2D eigenvalue weighted by molar-refractivity contribution is -0.110. The summed E-state index contributed by atoms with van der Waals surface area (Å²) in [4.78, 5) is 23.5. The Morgan fingerprint density at radius 2 is 1.90 bits per heavy atom. The van der Waals surface area contributed by atoms with Crippen LogP contribution in [-0.2, 0) is 11.8 Å². The van der Waals surface area contributed by atoms with Gasteiger partial charge in [0, 0.05) is 14.0 Å². The Bertz CT molecular complexity index is 759. The zero-order valence-corrected chi connectivity index (χ0v) is 12.7. The van der Waals surface area contributed by atoms with Crippen molar-refractivity contribution in [3.63, 3.8) is 0 Å². The van der Waals surface area contributed by atoms with Crippen molar-refractivity contribution in [1.82, 2.24) is 9.36 Å². The molecule has 110 valence electrons. The van der Waals surface area contributed by atoms with E-state index in [-0.39, 0.29) is 22.2 Å². The Balaban J connectivity index is 2.49. The molecule has 2 rings (SSSR count). The Kier molecular flexibility index (Phi) is 4.28. The number of hydrogen-bond donors (Lipinski definition) is 1. The number of carbonyl (C=O) groups excluding carboxylic acids is 1. The maximum absolute atomic E-state index is 12.5. The number of ketones is 1. The fourth-order valence-electron chi connectivity index (χ4n) is 1.88. The number of aromatic nitrogens is 2. The highest BCUT2D eigenvalue weighted by molar-refractivity contribution is 6.82. The molecule has 0 atom stereocenters. The Morgan fingerprint density at radius 3 is 2.48 bits per heavy atom. The molecular weight excluding hydrogens is 292 g/mol. The highest BCUT2D eigenvalue weighted by Crippen LogP contribution is 2.13. The van der Waals surface area contributed by atoms with Gasteiger partial charge in [0.15, 0.2) is 11.0 Å². The monoisotopic (exact) mass is 306 g/mol. The molecule has 0 radical (unpaired) electrons. The van der Waals surface area contributed by atoms with Crippen LogP contribution in [0.1, 0.15) is 12.6 Å². The molecule has 1 aromatic heterocycles. The van der Waals surface area contributed by atoms with Gasteiger partial charge in [-0.3, -0.25) is 19.7 Å². The molecule has 0 saturated heterocycles. The Labute approximate surface area is 126 Å². The molecule has 0 bridgehead atoms.